The van der Waals surface area contributed by atoms with Gasteiger partial charge in [-0.05, 0) is 24.3 Å². The van der Waals surface area contributed by atoms with E-state index in [1.54, 1.807) is 24.3 Å². The molecule has 0 radical (unpaired) electrons. The SMILES string of the molecule is NNC(=O)CCc1ccc(-c2cccc(Cl)c2Cl)o1. The minimum atomic E-state index is -0.237. The summed E-state index contributed by atoms with van der Waals surface area (Å²) < 4.78 is 5.64. The number of hydrogen-bond acceptors (Lipinski definition) is 3. The van der Waals surface area contributed by atoms with Crippen molar-refractivity contribution in [3.05, 3.63) is 46.1 Å². The minimum absolute atomic E-state index is 0.237. The average molecular weight is 299 g/mol. The monoisotopic (exact) mass is 298 g/mol. The molecule has 2 rings (SSSR count). The van der Waals surface area contributed by atoms with E-state index in [-0.39, 0.29) is 12.3 Å². The number of nitrogens with one attached hydrogen (secondary N) is 1. The molecule has 0 spiro atoms. The molecule has 1 heterocycles. The standard InChI is InChI=1S/C13H12Cl2N2O2/c14-10-3-1-2-9(13(10)15)11-6-4-8(19-11)5-7-12(18)17-16/h1-4,6H,5,7,16H2,(H,17,18). The number of carbonyl (C=O) groups is 1. The largest absolute Gasteiger partial charge is 0.461 e. The van der Waals surface area contributed by atoms with Gasteiger partial charge in [0.1, 0.15) is 11.5 Å². The normalized spacial score (nSPS) is 10.5. The van der Waals surface area contributed by atoms with E-state index in [0.717, 1.165) is 5.56 Å². The molecule has 0 bridgehead atoms. The summed E-state index contributed by atoms with van der Waals surface area (Å²) in [5.74, 6) is 6.08. The zero-order valence-electron chi connectivity index (χ0n) is 9.95. The number of aryl methyl sites for hydroxylation is 1. The van der Waals surface area contributed by atoms with Crippen LogP contribution in [0.5, 0.6) is 0 Å². The van der Waals surface area contributed by atoms with E-state index >= 15 is 0 Å². The number of halogens is 2. The second-order valence-corrected chi connectivity index (χ2v) is 4.72. The van der Waals surface area contributed by atoms with Crippen molar-refractivity contribution in [1.29, 1.82) is 0 Å². The molecule has 100 valence electrons. The van der Waals surface area contributed by atoms with Crippen molar-refractivity contribution in [2.75, 3.05) is 0 Å². The Balaban J connectivity index is 2.17. The Morgan fingerprint density at radius 2 is 2.05 bits per heavy atom. The molecule has 6 heteroatoms. The third-order valence-corrected chi connectivity index (χ3v) is 3.46. The van der Waals surface area contributed by atoms with Crippen LogP contribution in [0.2, 0.25) is 10.0 Å². The van der Waals surface area contributed by atoms with Gasteiger partial charge in [0.15, 0.2) is 0 Å². The van der Waals surface area contributed by atoms with Gasteiger partial charge in [-0.3, -0.25) is 10.2 Å². The molecule has 0 aliphatic heterocycles. The van der Waals surface area contributed by atoms with E-state index < -0.39 is 0 Å². The highest BCUT2D eigenvalue weighted by Crippen LogP contribution is 2.34. The van der Waals surface area contributed by atoms with Crippen LogP contribution in [0.4, 0.5) is 0 Å². The van der Waals surface area contributed by atoms with Crippen LogP contribution in [0, 0.1) is 0 Å². The van der Waals surface area contributed by atoms with E-state index in [1.807, 2.05) is 6.07 Å². The van der Waals surface area contributed by atoms with E-state index in [4.69, 9.17) is 33.5 Å². The smallest absolute Gasteiger partial charge is 0.234 e. The lowest BCUT2D eigenvalue weighted by molar-refractivity contribution is -0.121. The molecule has 0 saturated heterocycles. The van der Waals surface area contributed by atoms with Crippen LogP contribution in [0.1, 0.15) is 12.2 Å². The lowest BCUT2D eigenvalue weighted by Gasteiger charge is -2.02. The zero-order chi connectivity index (χ0) is 13.8. The van der Waals surface area contributed by atoms with Gasteiger partial charge in [-0.2, -0.15) is 0 Å². The van der Waals surface area contributed by atoms with Crippen molar-refractivity contribution in [3.63, 3.8) is 0 Å². The van der Waals surface area contributed by atoms with Crippen LogP contribution >= 0.6 is 23.2 Å². The molecule has 1 aromatic carbocycles. The maximum atomic E-state index is 11.0. The molecular weight excluding hydrogens is 287 g/mol. The predicted octanol–water partition coefficient (Wildman–Crippen LogP) is 3.18. The second kappa shape index (κ2) is 6.10. The average Bonchev–Trinajstić information content (AvgIpc) is 2.87. The molecule has 0 saturated carbocycles. The number of nitrogens with two attached hydrogens (primary N) is 1. The van der Waals surface area contributed by atoms with Crippen molar-refractivity contribution in [1.82, 2.24) is 5.43 Å². The molecule has 1 amide bonds. The summed E-state index contributed by atoms with van der Waals surface area (Å²) in [4.78, 5) is 11.0. The first-order valence-electron chi connectivity index (χ1n) is 5.64. The molecule has 0 unspecified atom stereocenters. The Morgan fingerprint density at radius 1 is 1.26 bits per heavy atom. The lowest BCUT2D eigenvalue weighted by Crippen LogP contribution is -2.30. The van der Waals surface area contributed by atoms with Gasteiger partial charge in [0, 0.05) is 18.4 Å². The van der Waals surface area contributed by atoms with Crippen molar-refractivity contribution < 1.29 is 9.21 Å². The van der Waals surface area contributed by atoms with Crippen LogP contribution in [-0.2, 0) is 11.2 Å². The third kappa shape index (κ3) is 3.29. The first-order chi connectivity index (χ1) is 9.11. The Hall–Kier alpha value is -1.49. The molecule has 2 aromatic rings. The first-order valence-corrected chi connectivity index (χ1v) is 6.40. The van der Waals surface area contributed by atoms with Gasteiger partial charge in [0.2, 0.25) is 5.91 Å². The molecular formula is C13H12Cl2N2O2. The van der Waals surface area contributed by atoms with Gasteiger partial charge in [0.25, 0.3) is 0 Å². The molecule has 0 aliphatic carbocycles. The highest BCUT2D eigenvalue weighted by Gasteiger charge is 2.11. The Kier molecular flexibility index (Phi) is 4.47. The number of amides is 1. The van der Waals surface area contributed by atoms with Crippen LogP contribution in [0.25, 0.3) is 11.3 Å². The summed E-state index contributed by atoms with van der Waals surface area (Å²) in [6, 6.07) is 8.93. The molecule has 19 heavy (non-hydrogen) atoms. The van der Waals surface area contributed by atoms with Gasteiger partial charge < -0.3 is 4.42 Å². The topological polar surface area (TPSA) is 68.3 Å². The summed E-state index contributed by atoms with van der Waals surface area (Å²) in [6.45, 7) is 0. The van der Waals surface area contributed by atoms with Crippen LogP contribution < -0.4 is 11.3 Å². The number of benzene rings is 1. The summed E-state index contributed by atoms with van der Waals surface area (Å²) in [7, 11) is 0. The van der Waals surface area contributed by atoms with Gasteiger partial charge in [-0.25, -0.2) is 5.84 Å². The predicted molar refractivity (Wildman–Crippen MR) is 74.8 cm³/mol. The van der Waals surface area contributed by atoms with Crippen molar-refractivity contribution >= 4 is 29.1 Å². The summed E-state index contributed by atoms with van der Waals surface area (Å²) in [5.41, 5.74) is 2.80. The molecule has 3 N–H and O–H groups in total. The highest BCUT2D eigenvalue weighted by atomic mass is 35.5. The lowest BCUT2D eigenvalue weighted by atomic mass is 10.2. The van der Waals surface area contributed by atoms with Crippen molar-refractivity contribution in [3.8, 4) is 11.3 Å². The number of furan rings is 1. The fourth-order valence-electron chi connectivity index (χ4n) is 1.66. The molecule has 1 aromatic heterocycles. The highest BCUT2D eigenvalue weighted by molar-refractivity contribution is 6.43. The number of hydrogen-bond donors (Lipinski definition) is 2. The number of hydrazine groups is 1. The van der Waals surface area contributed by atoms with E-state index in [0.29, 0.717) is 28.0 Å². The van der Waals surface area contributed by atoms with Gasteiger partial charge >= 0.3 is 0 Å². The Bertz CT molecular complexity index is 596. The molecule has 0 atom stereocenters. The maximum absolute atomic E-state index is 11.0. The summed E-state index contributed by atoms with van der Waals surface area (Å²) >= 11 is 12.1. The molecule has 4 nitrogen and oxygen atoms in total. The molecule has 0 fully saturated rings. The van der Waals surface area contributed by atoms with Gasteiger partial charge in [-0.1, -0.05) is 29.3 Å². The summed E-state index contributed by atoms with van der Waals surface area (Å²) in [6.07, 6.45) is 0.744. The first kappa shape index (κ1) is 13.9. The summed E-state index contributed by atoms with van der Waals surface area (Å²) in [5, 5.41) is 0.921. The van der Waals surface area contributed by atoms with Crippen LogP contribution in [0.15, 0.2) is 34.7 Å². The van der Waals surface area contributed by atoms with Gasteiger partial charge in [0.05, 0.1) is 10.0 Å². The zero-order valence-corrected chi connectivity index (χ0v) is 11.5. The van der Waals surface area contributed by atoms with E-state index in [9.17, 15) is 4.79 Å². The molecule has 0 aliphatic rings. The Morgan fingerprint density at radius 3 is 2.79 bits per heavy atom. The fraction of sp³-hybridized carbons (Fsp3) is 0.154. The number of rotatable bonds is 4. The minimum Gasteiger partial charge on any atom is -0.461 e. The maximum Gasteiger partial charge on any atom is 0.234 e. The number of carbonyl (C=O) groups excluding carboxylic acids is 1. The van der Waals surface area contributed by atoms with Crippen molar-refractivity contribution in [2.45, 2.75) is 12.8 Å². The van der Waals surface area contributed by atoms with E-state index in [1.165, 1.54) is 0 Å². The van der Waals surface area contributed by atoms with E-state index in [2.05, 4.69) is 5.43 Å². The van der Waals surface area contributed by atoms with Crippen molar-refractivity contribution in [2.24, 2.45) is 5.84 Å². The van der Waals surface area contributed by atoms with Crippen LogP contribution in [-0.4, -0.2) is 5.91 Å². The van der Waals surface area contributed by atoms with Crippen LogP contribution in [0.3, 0.4) is 0 Å². The second-order valence-electron chi connectivity index (χ2n) is 3.93. The Labute approximate surface area is 120 Å². The van der Waals surface area contributed by atoms with Gasteiger partial charge in [-0.15, -0.1) is 0 Å². The third-order valence-electron chi connectivity index (χ3n) is 2.64. The fourth-order valence-corrected chi connectivity index (χ4v) is 2.05. The quantitative estimate of drug-likeness (QED) is 0.517.